The highest BCUT2D eigenvalue weighted by Crippen LogP contribution is 2.33. The fourth-order valence-electron chi connectivity index (χ4n) is 4.44. The Hall–Kier alpha value is -2.87. The Labute approximate surface area is 184 Å². The Bertz CT molecular complexity index is 965. The van der Waals surface area contributed by atoms with Gasteiger partial charge in [0.15, 0.2) is 0 Å². The van der Waals surface area contributed by atoms with Crippen LogP contribution in [0.15, 0.2) is 48.5 Å². The molecule has 2 amide bonds. The van der Waals surface area contributed by atoms with Crippen LogP contribution in [0.5, 0.6) is 5.75 Å². The van der Waals surface area contributed by atoms with Crippen molar-refractivity contribution in [2.75, 3.05) is 13.1 Å². The number of hydrogen-bond donors (Lipinski definition) is 0. The SMILES string of the molecule is CCCC(N1CCC(Oc2cccc(C(F)(F)F)c2)CC1)N1C(=O)c2ccccc2C1=O. The lowest BCUT2D eigenvalue weighted by Crippen LogP contribution is -2.54. The van der Waals surface area contributed by atoms with Crippen molar-refractivity contribution in [2.24, 2.45) is 0 Å². The first-order valence-corrected chi connectivity index (χ1v) is 10.8. The summed E-state index contributed by atoms with van der Waals surface area (Å²) >= 11 is 0. The normalized spacial score (nSPS) is 18.7. The molecule has 32 heavy (non-hydrogen) atoms. The molecule has 0 aromatic heterocycles. The zero-order valence-corrected chi connectivity index (χ0v) is 17.8. The van der Waals surface area contributed by atoms with Crippen LogP contribution in [-0.2, 0) is 6.18 Å². The zero-order chi connectivity index (χ0) is 22.9. The number of fused-ring (bicyclic) bond motifs is 1. The number of rotatable bonds is 6. The summed E-state index contributed by atoms with van der Waals surface area (Å²) in [5.41, 5.74) is 0.129. The van der Waals surface area contributed by atoms with E-state index in [1.54, 1.807) is 24.3 Å². The van der Waals surface area contributed by atoms with Gasteiger partial charge in [-0.2, -0.15) is 13.2 Å². The van der Waals surface area contributed by atoms with Gasteiger partial charge >= 0.3 is 6.18 Å². The monoisotopic (exact) mass is 446 g/mol. The topological polar surface area (TPSA) is 49.9 Å². The third-order valence-electron chi connectivity index (χ3n) is 6.03. The molecule has 170 valence electrons. The highest BCUT2D eigenvalue weighted by atomic mass is 19.4. The van der Waals surface area contributed by atoms with Crippen molar-refractivity contribution < 1.29 is 27.5 Å². The standard InChI is InChI=1S/C24H25F3N2O3/c1-2-6-21(29-22(30)19-9-3-4-10-20(19)23(29)31)28-13-11-17(12-14-28)32-18-8-5-7-16(15-18)24(25,26)27/h3-5,7-10,15,17,21H,2,6,11-14H2,1H3. The van der Waals surface area contributed by atoms with Gasteiger partial charge in [0.05, 0.1) is 22.9 Å². The number of amides is 2. The van der Waals surface area contributed by atoms with Gasteiger partial charge in [0.1, 0.15) is 11.9 Å². The second kappa shape index (κ2) is 8.94. The number of alkyl halides is 3. The number of halogens is 3. The first-order valence-electron chi connectivity index (χ1n) is 10.8. The number of likely N-dealkylation sites (tertiary alicyclic amines) is 1. The van der Waals surface area contributed by atoms with E-state index in [1.165, 1.54) is 17.0 Å². The first kappa shape index (κ1) is 22.3. The van der Waals surface area contributed by atoms with E-state index in [1.807, 2.05) is 6.92 Å². The smallest absolute Gasteiger partial charge is 0.416 e. The summed E-state index contributed by atoms with van der Waals surface area (Å²) in [6, 6.07) is 11.8. The Morgan fingerprint density at radius 1 is 1.00 bits per heavy atom. The number of benzene rings is 2. The Morgan fingerprint density at radius 3 is 2.19 bits per heavy atom. The maximum atomic E-state index is 12.9. The molecular weight excluding hydrogens is 421 g/mol. The van der Waals surface area contributed by atoms with Crippen LogP contribution in [0.4, 0.5) is 13.2 Å². The van der Waals surface area contributed by atoms with E-state index in [0.29, 0.717) is 43.5 Å². The van der Waals surface area contributed by atoms with Crippen molar-refractivity contribution in [3.63, 3.8) is 0 Å². The molecule has 0 saturated carbocycles. The van der Waals surface area contributed by atoms with Crippen molar-refractivity contribution in [1.82, 2.24) is 9.80 Å². The van der Waals surface area contributed by atoms with Crippen LogP contribution in [0.1, 0.15) is 58.9 Å². The molecule has 2 aromatic rings. The van der Waals surface area contributed by atoms with E-state index in [-0.39, 0.29) is 29.8 Å². The van der Waals surface area contributed by atoms with Crippen molar-refractivity contribution in [1.29, 1.82) is 0 Å². The Kier molecular flexibility index (Phi) is 6.24. The van der Waals surface area contributed by atoms with Gasteiger partial charge in [-0.25, -0.2) is 0 Å². The number of nitrogens with zero attached hydrogens (tertiary/aromatic N) is 2. The number of carbonyl (C=O) groups excluding carboxylic acids is 2. The molecule has 0 aliphatic carbocycles. The molecule has 0 radical (unpaired) electrons. The molecule has 1 unspecified atom stereocenters. The third kappa shape index (κ3) is 4.37. The summed E-state index contributed by atoms with van der Waals surface area (Å²) in [5.74, 6) is -0.346. The van der Waals surface area contributed by atoms with Crippen molar-refractivity contribution in [3.8, 4) is 5.75 Å². The maximum absolute atomic E-state index is 12.9. The number of piperidine rings is 1. The van der Waals surface area contributed by atoms with Gasteiger partial charge < -0.3 is 4.74 Å². The van der Waals surface area contributed by atoms with Crippen LogP contribution in [0.25, 0.3) is 0 Å². The molecule has 0 bridgehead atoms. The van der Waals surface area contributed by atoms with Gasteiger partial charge in [-0.1, -0.05) is 31.5 Å². The summed E-state index contributed by atoms with van der Waals surface area (Å²) in [6.45, 7) is 3.18. The molecule has 1 fully saturated rings. The highest BCUT2D eigenvalue weighted by molar-refractivity contribution is 6.21. The van der Waals surface area contributed by atoms with Crippen LogP contribution in [0.3, 0.4) is 0 Å². The minimum atomic E-state index is -4.41. The fourth-order valence-corrected chi connectivity index (χ4v) is 4.44. The highest BCUT2D eigenvalue weighted by Gasteiger charge is 2.42. The third-order valence-corrected chi connectivity index (χ3v) is 6.03. The summed E-state index contributed by atoms with van der Waals surface area (Å²) < 4.78 is 44.7. The van der Waals surface area contributed by atoms with E-state index in [4.69, 9.17) is 4.74 Å². The van der Waals surface area contributed by atoms with Gasteiger partial charge in [-0.3, -0.25) is 19.4 Å². The van der Waals surface area contributed by atoms with Crippen molar-refractivity contribution >= 4 is 11.8 Å². The van der Waals surface area contributed by atoms with Gasteiger partial charge in [-0.05, 0) is 49.6 Å². The van der Waals surface area contributed by atoms with E-state index in [9.17, 15) is 22.8 Å². The molecule has 0 spiro atoms. The molecule has 5 nitrogen and oxygen atoms in total. The van der Waals surface area contributed by atoms with E-state index in [0.717, 1.165) is 18.6 Å². The summed E-state index contributed by atoms with van der Waals surface area (Å²) in [7, 11) is 0. The number of ether oxygens (including phenoxy) is 1. The fraction of sp³-hybridized carbons (Fsp3) is 0.417. The number of carbonyl (C=O) groups is 2. The predicted octanol–water partition coefficient (Wildman–Crippen LogP) is 4.97. The second-order valence-corrected chi connectivity index (χ2v) is 8.17. The average Bonchev–Trinajstić information content (AvgIpc) is 3.03. The predicted molar refractivity (Wildman–Crippen MR) is 112 cm³/mol. The largest absolute Gasteiger partial charge is 0.490 e. The van der Waals surface area contributed by atoms with Crippen molar-refractivity contribution in [2.45, 2.75) is 51.1 Å². The summed E-state index contributed by atoms with van der Waals surface area (Å²) in [5, 5.41) is 0. The molecule has 0 N–H and O–H groups in total. The Balaban J connectivity index is 1.42. The van der Waals surface area contributed by atoms with Gasteiger partial charge in [0, 0.05) is 13.1 Å². The van der Waals surface area contributed by atoms with E-state index in [2.05, 4.69) is 4.90 Å². The lowest BCUT2D eigenvalue weighted by molar-refractivity contribution is -0.137. The minimum Gasteiger partial charge on any atom is -0.490 e. The first-order chi connectivity index (χ1) is 15.3. The summed E-state index contributed by atoms with van der Waals surface area (Å²) in [4.78, 5) is 29.4. The van der Waals surface area contributed by atoms with Crippen LogP contribution < -0.4 is 4.74 Å². The van der Waals surface area contributed by atoms with Crippen LogP contribution in [0.2, 0.25) is 0 Å². The maximum Gasteiger partial charge on any atom is 0.416 e. The van der Waals surface area contributed by atoms with Crippen LogP contribution >= 0.6 is 0 Å². The Morgan fingerprint density at radius 2 is 1.62 bits per heavy atom. The quantitative estimate of drug-likeness (QED) is 0.588. The van der Waals surface area contributed by atoms with Crippen LogP contribution in [0, 0.1) is 0 Å². The molecule has 2 aromatic carbocycles. The van der Waals surface area contributed by atoms with Crippen LogP contribution in [-0.4, -0.2) is 47.0 Å². The number of hydrogen-bond acceptors (Lipinski definition) is 4. The molecule has 2 aliphatic rings. The summed E-state index contributed by atoms with van der Waals surface area (Å²) in [6.07, 6.45) is -2.33. The van der Waals surface area contributed by atoms with Gasteiger partial charge in [0.2, 0.25) is 0 Å². The molecule has 4 rings (SSSR count). The van der Waals surface area contributed by atoms with Gasteiger partial charge in [0.25, 0.3) is 11.8 Å². The zero-order valence-electron chi connectivity index (χ0n) is 17.8. The minimum absolute atomic E-state index is 0.198. The van der Waals surface area contributed by atoms with E-state index < -0.39 is 11.7 Å². The lowest BCUT2D eigenvalue weighted by Gasteiger charge is -2.40. The van der Waals surface area contributed by atoms with Crippen molar-refractivity contribution in [3.05, 3.63) is 65.2 Å². The molecule has 8 heteroatoms. The van der Waals surface area contributed by atoms with Gasteiger partial charge in [-0.15, -0.1) is 0 Å². The average molecular weight is 446 g/mol. The second-order valence-electron chi connectivity index (χ2n) is 8.17. The molecule has 2 aliphatic heterocycles. The van der Waals surface area contributed by atoms with E-state index >= 15 is 0 Å². The molecule has 1 atom stereocenters. The lowest BCUT2D eigenvalue weighted by atomic mass is 10.1. The number of imide groups is 1. The molecular formula is C24H25F3N2O3. The molecule has 2 heterocycles. The molecule has 1 saturated heterocycles.